The zero-order valence-electron chi connectivity index (χ0n) is 15.2. The van der Waals surface area contributed by atoms with Gasteiger partial charge in [0.25, 0.3) is 0 Å². The van der Waals surface area contributed by atoms with E-state index in [0.717, 1.165) is 38.0 Å². The third-order valence-corrected chi connectivity index (χ3v) is 5.20. The molecule has 2 fully saturated rings. The van der Waals surface area contributed by atoms with Crippen LogP contribution in [0.1, 0.15) is 39.0 Å². The lowest BCUT2D eigenvalue weighted by Crippen LogP contribution is -2.55. The summed E-state index contributed by atoms with van der Waals surface area (Å²) in [6.45, 7) is 6.09. The molecule has 2 aliphatic rings. The van der Waals surface area contributed by atoms with Crippen LogP contribution in [-0.2, 0) is 0 Å². The molecule has 1 aromatic heterocycles. The van der Waals surface area contributed by atoms with Gasteiger partial charge in [-0.25, -0.2) is 4.79 Å². The number of aromatic nitrogens is 1. The highest BCUT2D eigenvalue weighted by atomic mass is 16.5. The summed E-state index contributed by atoms with van der Waals surface area (Å²) in [6.07, 6.45) is 10.1. The van der Waals surface area contributed by atoms with Gasteiger partial charge >= 0.3 is 6.03 Å². The lowest BCUT2D eigenvalue weighted by atomic mass is 9.94. The second-order valence-corrected chi connectivity index (χ2v) is 7.12. The van der Waals surface area contributed by atoms with Crippen LogP contribution < -0.4 is 10.1 Å². The Bertz CT molecular complexity index is 525. The van der Waals surface area contributed by atoms with Crippen LogP contribution in [0.5, 0.6) is 5.75 Å². The van der Waals surface area contributed by atoms with Crippen molar-refractivity contribution in [3.05, 3.63) is 24.5 Å². The van der Waals surface area contributed by atoms with E-state index < -0.39 is 0 Å². The van der Waals surface area contributed by atoms with Gasteiger partial charge < -0.3 is 15.0 Å². The quantitative estimate of drug-likeness (QED) is 0.890. The van der Waals surface area contributed by atoms with Gasteiger partial charge in [-0.15, -0.1) is 0 Å². The molecule has 0 spiro atoms. The van der Waals surface area contributed by atoms with E-state index in [1.165, 1.54) is 32.1 Å². The predicted octanol–water partition coefficient (Wildman–Crippen LogP) is 2.51. The number of hydrogen-bond acceptors (Lipinski definition) is 4. The molecule has 1 aromatic rings. The number of nitrogens with zero attached hydrogens (tertiary/aromatic N) is 3. The molecule has 0 unspecified atom stereocenters. The molecule has 1 saturated heterocycles. The van der Waals surface area contributed by atoms with Gasteiger partial charge in [-0.05, 0) is 31.9 Å². The normalized spacial score (nSPS) is 20.9. The highest BCUT2D eigenvalue weighted by molar-refractivity contribution is 5.74. The van der Waals surface area contributed by atoms with Crippen LogP contribution in [0, 0.1) is 0 Å². The largest absolute Gasteiger partial charge is 0.487 e. The fraction of sp³-hybridized carbons (Fsp3) is 0.684. The van der Waals surface area contributed by atoms with Gasteiger partial charge in [-0.3, -0.25) is 9.88 Å². The molecule has 1 N–H and O–H groups in total. The van der Waals surface area contributed by atoms with Crippen molar-refractivity contribution in [2.75, 3.05) is 32.7 Å². The van der Waals surface area contributed by atoms with E-state index in [2.05, 4.69) is 15.2 Å². The zero-order valence-corrected chi connectivity index (χ0v) is 15.2. The Hall–Kier alpha value is -1.82. The second-order valence-electron chi connectivity index (χ2n) is 7.12. The van der Waals surface area contributed by atoms with Crippen LogP contribution in [0.15, 0.2) is 24.5 Å². The van der Waals surface area contributed by atoms with E-state index >= 15 is 0 Å². The molecule has 1 aliphatic heterocycles. The second kappa shape index (κ2) is 9.04. The van der Waals surface area contributed by atoms with Gasteiger partial charge in [-0.1, -0.05) is 19.3 Å². The van der Waals surface area contributed by atoms with Gasteiger partial charge in [0, 0.05) is 38.4 Å². The van der Waals surface area contributed by atoms with Crippen molar-refractivity contribution in [1.82, 2.24) is 20.1 Å². The number of urea groups is 1. The van der Waals surface area contributed by atoms with E-state index in [0.29, 0.717) is 6.54 Å². The lowest BCUT2D eigenvalue weighted by molar-refractivity contribution is 0.0895. The van der Waals surface area contributed by atoms with Crippen LogP contribution in [0.2, 0.25) is 0 Å². The molecule has 25 heavy (non-hydrogen) atoms. The van der Waals surface area contributed by atoms with Crippen LogP contribution in [0.3, 0.4) is 0 Å². The van der Waals surface area contributed by atoms with Crippen LogP contribution in [0.25, 0.3) is 0 Å². The van der Waals surface area contributed by atoms with E-state index in [1.54, 1.807) is 12.4 Å². The molecule has 0 aromatic carbocycles. The first-order chi connectivity index (χ1) is 12.2. The van der Waals surface area contributed by atoms with E-state index in [1.807, 2.05) is 24.0 Å². The number of ether oxygens (including phenoxy) is 1. The fourth-order valence-electron chi connectivity index (χ4n) is 3.77. The van der Waals surface area contributed by atoms with Crippen molar-refractivity contribution in [1.29, 1.82) is 0 Å². The van der Waals surface area contributed by atoms with Crippen molar-refractivity contribution in [3.8, 4) is 5.75 Å². The molecule has 1 aliphatic carbocycles. The Morgan fingerprint density at radius 1 is 1.28 bits per heavy atom. The van der Waals surface area contributed by atoms with E-state index in [9.17, 15) is 4.79 Å². The van der Waals surface area contributed by atoms with Gasteiger partial charge in [0.1, 0.15) is 11.9 Å². The summed E-state index contributed by atoms with van der Waals surface area (Å²) in [4.78, 5) is 20.9. The SMILES string of the molecule is C[C@@H](CNC(=O)N1CCN(C2CCCCC2)CC1)Oc1cccnc1. The highest BCUT2D eigenvalue weighted by Gasteiger charge is 2.27. The molecule has 0 radical (unpaired) electrons. The molecular formula is C19H30N4O2. The molecule has 2 amide bonds. The standard InChI is InChI=1S/C19H30N4O2/c1-16(25-18-8-5-9-20-15-18)14-21-19(24)23-12-10-22(11-13-23)17-6-3-2-4-7-17/h5,8-9,15-17H,2-4,6-7,10-14H2,1H3,(H,21,24)/t16-/m0/s1. The highest BCUT2D eigenvalue weighted by Crippen LogP contribution is 2.23. The van der Waals surface area contributed by atoms with Crippen molar-refractivity contribution < 1.29 is 9.53 Å². The van der Waals surface area contributed by atoms with Gasteiger partial charge in [0.05, 0.1) is 12.7 Å². The fourth-order valence-corrected chi connectivity index (χ4v) is 3.77. The summed E-state index contributed by atoms with van der Waals surface area (Å²) >= 11 is 0. The molecule has 1 saturated carbocycles. The van der Waals surface area contributed by atoms with Gasteiger partial charge in [0.2, 0.25) is 0 Å². The molecule has 6 nitrogen and oxygen atoms in total. The molecular weight excluding hydrogens is 316 g/mol. The molecule has 138 valence electrons. The molecule has 0 bridgehead atoms. The number of rotatable bonds is 5. The van der Waals surface area contributed by atoms with Crippen molar-refractivity contribution in [3.63, 3.8) is 0 Å². The van der Waals surface area contributed by atoms with Crippen LogP contribution in [0.4, 0.5) is 4.79 Å². The summed E-state index contributed by atoms with van der Waals surface area (Å²) in [5, 5.41) is 2.99. The number of amides is 2. The summed E-state index contributed by atoms with van der Waals surface area (Å²) in [7, 11) is 0. The third-order valence-electron chi connectivity index (χ3n) is 5.20. The molecule has 6 heteroatoms. The minimum Gasteiger partial charge on any atom is -0.487 e. The molecule has 2 heterocycles. The molecule has 1 atom stereocenters. The van der Waals surface area contributed by atoms with Gasteiger partial charge in [0.15, 0.2) is 0 Å². The van der Waals surface area contributed by atoms with Crippen molar-refractivity contribution >= 4 is 6.03 Å². The number of carbonyl (C=O) groups is 1. The number of piperazine rings is 1. The smallest absolute Gasteiger partial charge is 0.317 e. The van der Waals surface area contributed by atoms with E-state index in [4.69, 9.17) is 4.74 Å². The maximum atomic E-state index is 12.4. The predicted molar refractivity (Wildman–Crippen MR) is 97.7 cm³/mol. The number of hydrogen-bond donors (Lipinski definition) is 1. The summed E-state index contributed by atoms with van der Waals surface area (Å²) in [5.41, 5.74) is 0. The minimum absolute atomic E-state index is 0.0185. The average molecular weight is 346 g/mol. The van der Waals surface area contributed by atoms with Crippen molar-refractivity contribution in [2.24, 2.45) is 0 Å². The van der Waals surface area contributed by atoms with Gasteiger partial charge in [-0.2, -0.15) is 0 Å². The Labute approximate surface area is 150 Å². The first-order valence-electron chi connectivity index (χ1n) is 9.56. The monoisotopic (exact) mass is 346 g/mol. The Morgan fingerprint density at radius 3 is 2.72 bits per heavy atom. The number of pyridine rings is 1. The summed E-state index contributed by atoms with van der Waals surface area (Å²) < 4.78 is 5.74. The topological polar surface area (TPSA) is 57.7 Å². The minimum atomic E-state index is -0.0864. The van der Waals surface area contributed by atoms with E-state index in [-0.39, 0.29) is 12.1 Å². The maximum Gasteiger partial charge on any atom is 0.317 e. The third kappa shape index (κ3) is 5.33. The first-order valence-corrected chi connectivity index (χ1v) is 9.56. The van der Waals surface area contributed by atoms with Crippen LogP contribution in [-0.4, -0.2) is 65.7 Å². The molecule has 3 rings (SSSR count). The number of nitrogens with one attached hydrogen (secondary N) is 1. The Balaban J connectivity index is 1.36. The Morgan fingerprint density at radius 2 is 2.04 bits per heavy atom. The maximum absolute atomic E-state index is 12.4. The summed E-state index contributed by atoms with van der Waals surface area (Å²) in [5.74, 6) is 0.727. The summed E-state index contributed by atoms with van der Waals surface area (Å²) in [6, 6.07) is 4.47. The number of carbonyl (C=O) groups excluding carboxylic acids is 1. The lowest BCUT2D eigenvalue weighted by Gasteiger charge is -2.40. The van der Waals surface area contributed by atoms with Crippen molar-refractivity contribution in [2.45, 2.75) is 51.2 Å². The Kier molecular flexibility index (Phi) is 6.50. The zero-order chi connectivity index (χ0) is 17.5. The van der Waals surface area contributed by atoms with Crippen LogP contribution >= 0.6 is 0 Å². The first kappa shape index (κ1) is 18.0. The average Bonchev–Trinajstić information content (AvgIpc) is 2.68.